The fourth-order valence-corrected chi connectivity index (χ4v) is 3.74. The number of thioether (sulfide) groups is 1. The van der Waals surface area contributed by atoms with Crippen LogP contribution in [0.3, 0.4) is 0 Å². The Hall–Kier alpha value is -2.86. The monoisotopic (exact) mass is 364 g/mol. The van der Waals surface area contributed by atoms with Crippen molar-refractivity contribution in [1.82, 2.24) is 9.97 Å². The van der Waals surface area contributed by atoms with Crippen molar-refractivity contribution < 1.29 is 13.9 Å². The van der Waals surface area contributed by atoms with E-state index in [1.165, 1.54) is 18.9 Å². The van der Waals surface area contributed by atoms with E-state index in [1.54, 1.807) is 0 Å². The summed E-state index contributed by atoms with van der Waals surface area (Å²) in [5, 5.41) is 1.50. The van der Waals surface area contributed by atoms with Crippen LogP contribution in [-0.4, -0.2) is 23.0 Å². The molecule has 0 atom stereocenters. The van der Waals surface area contributed by atoms with Crippen LogP contribution in [0.25, 0.3) is 22.0 Å². The van der Waals surface area contributed by atoms with Gasteiger partial charge in [-0.15, -0.1) is 0 Å². The van der Waals surface area contributed by atoms with Crippen molar-refractivity contribution in [3.8, 4) is 0 Å². The number of hydrogen-bond acceptors (Lipinski definition) is 6. The molecule has 0 spiro atoms. The number of hydrogen-bond donors (Lipinski definition) is 0. The molecule has 26 heavy (non-hydrogen) atoms. The van der Waals surface area contributed by atoms with E-state index in [1.807, 2.05) is 55.5 Å². The quantitative estimate of drug-likeness (QED) is 0.384. The second-order valence-corrected chi connectivity index (χ2v) is 6.73. The van der Waals surface area contributed by atoms with E-state index in [0.29, 0.717) is 22.2 Å². The number of esters is 1. The standard InChI is InChI=1S/C20H16N2O3S/c1-12-13-7-3-4-8-14(13)21-16(18(12)19(23)24-2)11-26-20-22-15-9-5-6-10-17(15)25-20/h3-10H,11H2,1-2H3. The number of benzene rings is 2. The first kappa shape index (κ1) is 16.6. The Labute approximate surface area is 154 Å². The van der Waals surface area contributed by atoms with Gasteiger partial charge in [0.05, 0.1) is 23.9 Å². The summed E-state index contributed by atoms with van der Waals surface area (Å²) in [7, 11) is 1.38. The van der Waals surface area contributed by atoms with Crippen molar-refractivity contribution in [2.45, 2.75) is 17.9 Å². The summed E-state index contributed by atoms with van der Waals surface area (Å²) < 4.78 is 10.7. The van der Waals surface area contributed by atoms with Crippen molar-refractivity contribution in [1.29, 1.82) is 0 Å². The van der Waals surface area contributed by atoms with Gasteiger partial charge < -0.3 is 9.15 Å². The Bertz CT molecular complexity index is 1090. The van der Waals surface area contributed by atoms with Gasteiger partial charge in [-0.05, 0) is 30.7 Å². The summed E-state index contributed by atoms with van der Waals surface area (Å²) in [5.74, 6) is 0.0806. The molecular weight excluding hydrogens is 348 g/mol. The number of fused-ring (bicyclic) bond motifs is 2. The average Bonchev–Trinajstić information content (AvgIpc) is 3.09. The number of carbonyl (C=O) groups excluding carboxylic acids is 1. The highest BCUT2D eigenvalue weighted by Crippen LogP contribution is 2.30. The zero-order valence-electron chi connectivity index (χ0n) is 14.4. The highest BCUT2D eigenvalue weighted by atomic mass is 32.2. The number of ether oxygens (including phenoxy) is 1. The van der Waals surface area contributed by atoms with Gasteiger partial charge in [-0.1, -0.05) is 42.1 Å². The van der Waals surface area contributed by atoms with Gasteiger partial charge in [-0.3, -0.25) is 4.98 Å². The van der Waals surface area contributed by atoms with Crippen LogP contribution >= 0.6 is 11.8 Å². The molecule has 2 heterocycles. The second kappa shape index (κ2) is 6.80. The van der Waals surface area contributed by atoms with Crippen LogP contribution < -0.4 is 0 Å². The third-order valence-corrected chi connectivity index (χ3v) is 5.06. The lowest BCUT2D eigenvalue weighted by atomic mass is 10.0. The van der Waals surface area contributed by atoms with Gasteiger partial charge in [0.15, 0.2) is 5.58 Å². The molecule has 0 aliphatic carbocycles. The van der Waals surface area contributed by atoms with Crippen LogP contribution in [0.15, 0.2) is 58.2 Å². The molecule has 0 saturated carbocycles. The number of carbonyl (C=O) groups is 1. The van der Waals surface area contributed by atoms with Crippen LogP contribution in [0.2, 0.25) is 0 Å². The molecule has 0 aliphatic rings. The van der Waals surface area contributed by atoms with Crippen LogP contribution in [-0.2, 0) is 10.5 Å². The predicted molar refractivity (Wildman–Crippen MR) is 101 cm³/mol. The third-order valence-electron chi connectivity index (χ3n) is 4.22. The number of aromatic nitrogens is 2. The summed E-state index contributed by atoms with van der Waals surface area (Å²) in [5.41, 5.74) is 4.45. The molecule has 4 rings (SSSR count). The van der Waals surface area contributed by atoms with Gasteiger partial charge in [0.25, 0.3) is 5.22 Å². The lowest BCUT2D eigenvalue weighted by Gasteiger charge is -2.12. The Morgan fingerprint density at radius 2 is 1.81 bits per heavy atom. The van der Waals surface area contributed by atoms with E-state index >= 15 is 0 Å². The van der Waals surface area contributed by atoms with E-state index in [9.17, 15) is 4.79 Å². The summed E-state index contributed by atoms with van der Waals surface area (Å²) in [6.07, 6.45) is 0. The number of nitrogens with zero attached hydrogens (tertiary/aromatic N) is 2. The average molecular weight is 364 g/mol. The Kier molecular flexibility index (Phi) is 4.34. The van der Waals surface area contributed by atoms with Gasteiger partial charge in [0.2, 0.25) is 0 Å². The minimum Gasteiger partial charge on any atom is -0.465 e. The maximum absolute atomic E-state index is 12.3. The molecule has 0 aliphatic heterocycles. The normalized spacial score (nSPS) is 11.2. The third kappa shape index (κ3) is 2.93. The second-order valence-electron chi connectivity index (χ2n) is 5.80. The minimum atomic E-state index is -0.381. The van der Waals surface area contributed by atoms with E-state index in [-0.39, 0.29) is 5.97 Å². The summed E-state index contributed by atoms with van der Waals surface area (Å²) in [4.78, 5) is 21.5. The molecule has 4 aromatic rings. The highest BCUT2D eigenvalue weighted by Gasteiger charge is 2.20. The first-order valence-electron chi connectivity index (χ1n) is 8.12. The molecule has 0 saturated heterocycles. The maximum Gasteiger partial charge on any atom is 0.340 e. The molecule has 0 radical (unpaired) electrons. The van der Waals surface area contributed by atoms with Crippen LogP contribution in [0, 0.1) is 6.92 Å². The number of methoxy groups -OCH3 is 1. The molecule has 6 heteroatoms. The van der Waals surface area contributed by atoms with Crippen molar-refractivity contribution >= 4 is 39.7 Å². The van der Waals surface area contributed by atoms with Crippen LogP contribution in [0.4, 0.5) is 0 Å². The van der Waals surface area contributed by atoms with E-state index in [2.05, 4.69) is 9.97 Å². The molecular formula is C20H16N2O3S. The smallest absolute Gasteiger partial charge is 0.340 e. The summed E-state index contributed by atoms with van der Waals surface area (Å²) in [6, 6.07) is 15.4. The van der Waals surface area contributed by atoms with E-state index in [4.69, 9.17) is 9.15 Å². The lowest BCUT2D eigenvalue weighted by molar-refractivity contribution is 0.0598. The number of oxazole rings is 1. The topological polar surface area (TPSA) is 65.2 Å². The minimum absolute atomic E-state index is 0.381. The Morgan fingerprint density at radius 3 is 2.58 bits per heavy atom. The molecule has 2 aromatic carbocycles. The fourth-order valence-electron chi connectivity index (χ4n) is 2.96. The number of rotatable bonds is 4. The van der Waals surface area contributed by atoms with Gasteiger partial charge in [0, 0.05) is 11.1 Å². The van der Waals surface area contributed by atoms with Gasteiger partial charge in [0.1, 0.15) is 5.52 Å². The SMILES string of the molecule is COC(=O)c1c(CSc2nc3ccccc3o2)nc2ccccc2c1C. The van der Waals surface area contributed by atoms with Crippen molar-refractivity contribution in [2.75, 3.05) is 7.11 Å². The van der Waals surface area contributed by atoms with Crippen LogP contribution in [0.1, 0.15) is 21.6 Å². The predicted octanol–water partition coefficient (Wildman–Crippen LogP) is 4.76. The summed E-state index contributed by atoms with van der Waals surface area (Å²) >= 11 is 1.41. The molecule has 130 valence electrons. The lowest BCUT2D eigenvalue weighted by Crippen LogP contribution is -2.10. The zero-order chi connectivity index (χ0) is 18.1. The molecule has 0 bridgehead atoms. The largest absolute Gasteiger partial charge is 0.465 e. The Morgan fingerprint density at radius 1 is 1.08 bits per heavy atom. The Balaban J connectivity index is 1.73. The molecule has 2 aromatic heterocycles. The van der Waals surface area contributed by atoms with E-state index < -0.39 is 0 Å². The number of aryl methyl sites for hydroxylation is 1. The molecule has 0 unspecified atom stereocenters. The number of pyridine rings is 1. The molecule has 0 fully saturated rings. The van der Waals surface area contributed by atoms with Gasteiger partial charge in [-0.25, -0.2) is 9.78 Å². The first-order chi connectivity index (χ1) is 12.7. The van der Waals surface area contributed by atoms with Crippen molar-refractivity contribution in [2.24, 2.45) is 0 Å². The highest BCUT2D eigenvalue weighted by molar-refractivity contribution is 7.98. The van der Waals surface area contributed by atoms with E-state index in [0.717, 1.165) is 27.6 Å². The van der Waals surface area contributed by atoms with Gasteiger partial charge in [-0.2, -0.15) is 0 Å². The zero-order valence-corrected chi connectivity index (χ0v) is 15.2. The fraction of sp³-hybridized carbons (Fsp3) is 0.150. The van der Waals surface area contributed by atoms with Crippen molar-refractivity contribution in [3.63, 3.8) is 0 Å². The summed E-state index contributed by atoms with van der Waals surface area (Å²) in [6.45, 7) is 1.92. The number of para-hydroxylation sites is 3. The van der Waals surface area contributed by atoms with Gasteiger partial charge >= 0.3 is 5.97 Å². The molecule has 5 nitrogen and oxygen atoms in total. The van der Waals surface area contributed by atoms with Crippen molar-refractivity contribution in [3.05, 3.63) is 65.4 Å². The van der Waals surface area contributed by atoms with Crippen LogP contribution in [0.5, 0.6) is 0 Å². The molecule has 0 amide bonds. The molecule has 0 N–H and O–H groups in total. The first-order valence-corrected chi connectivity index (χ1v) is 9.11. The maximum atomic E-state index is 12.3.